The summed E-state index contributed by atoms with van der Waals surface area (Å²) in [5.41, 5.74) is 1.84. The highest BCUT2D eigenvalue weighted by atomic mass is 16.6. The average Bonchev–Trinajstić information content (AvgIpc) is 2.35. The van der Waals surface area contributed by atoms with Crippen LogP contribution in [0.2, 0.25) is 0 Å². The van der Waals surface area contributed by atoms with E-state index >= 15 is 0 Å². The quantitative estimate of drug-likeness (QED) is 0.739. The number of ketones is 1. The van der Waals surface area contributed by atoms with Crippen LogP contribution in [0, 0.1) is 5.41 Å². The van der Waals surface area contributed by atoms with E-state index in [1.54, 1.807) is 6.92 Å². The van der Waals surface area contributed by atoms with E-state index in [9.17, 15) is 9.59 Å². The third kappa shape index (κ3) is 2.27. The molecule has 0 bridgehead atoms. The van der Waals surface area contributed by atoms with Gasteiger partial charge in [-0.15, -0.1) is 0 Å². The fraction of sp³-hybridized carbons (Fsp3) is 0.778. The second-order valence-corrected chi connectivity index (χ2v) is 7.99. The van der Waals surface area contributed by atoms with E-state index in [1.807, 2.05) is 25.7 Å². The van der Waals surface area contributed by atoms with Crippen LogP contribution in [0.4, 0.5) is 4.79 Å². The Bertz CT molecular complexity index is 539. The first kappa shape index (κ1) is 15.6. The van der Waals surface area contributed by atoms with Crippen LogP contribution in [0.15, 0.2) is 11.1 Å². The maximum absolute atomic E-state index is 12.6. The zero-order valence-electron chi connectivity index (χ0n) is 14.2. The van der Waals surface area contributed by atoms with Crippen LogP contribution < -0.4 is 0 Å². The standard InChI is InChI=1S/C18H27NO3/c1-12(20)14-13-8-5-6-9-18(13)10-7-11-19(15(14)18)16(21)22-17(2,3)4/h15H,5-11H2,1-4H3/t15-,18+/m0/s1. The number of hydrogen-bond acceptors (Lipinski definition) is 3. The number of ether oxygens (including phenoxy) is 1. The van der Waals surface area contributed by atoms with Crippen molar-refractivity contribution in [3.8, 4) is 0 Å². The van der Waals surface area contributed by atoms with Gasteiger partial charge in [0, 0.05) is 17.5 Å². The SMILES string of the molecule is CC(=O)C1=C2CCCC[C@@]23CCCN(C(=O)OC(C)(C)C)[C@@H]13. The predicted molar refractivity (Wildman–Crippen MR) is 84.6 cm³/mol. The van der Waals surface area contributed by atoms with Crippen molar-refractivity contribution in [3.63, 3.8) is 0 Å². The molecule has 3 aliphatic rings. The average molecular weight is 305 g/mol. The lowest BCUT2D eigenvalue weighted by molar-refractivity contribution is -0.117. The highest BCUT2D eigenvalue weighted by Gasteiger charge is 2.60. The van der Waals surface area contributed by atoms with E-state index in [-0.39, 0.29) is 23.3 Å². The predicted octanol–water partition coefficient (Wildman–Crippen LogP) is 3.85. The van der Waals surface area contributed by atoms with Crippen molar-refractivity contribution < 1.29 is 14.3 Å². The number of amides is 1. The molecule has 2 fully saturated rings. The molecule has 0 N–H and O–H groups in total. The summed E-state index contributed by atoms with van der Waals surface area (Å²) in [5, 5.41) is 0. The van der Waals surface area contributed by atoms with E-state index in [0.29, 0.717) is 6.54 Å². The first-order valence-corrected chi connectivity index (χ1v) is 8.50. The third-order valence-electron chi connectivity index (χ3n) is 5.36. The highest BCUT2D eigenvalue weighted by Crippen LogP contribution is 2.61. The van der Waals surface area contributed by atoms with Crippen molar-refractivity contribution in [2.45, 2.75) is 77.9 Å². The molecule has 4 heteroatoms. The van der Waals surface area contributed by atoms with E-state index in [4.69, 9.17) is 4.74 Å². The number of piperidine rings is 1. The summed E-state index contributed by atoms with van der Waals surface area (Å²) < 4.78 is 5.59. The normalized spacial score (nSPS) is 31.1. The minimum absolute atomic E-state index is 0.0381. The molecular formula is C18H27NO3. The summed E-state index contributed by atoms with van der Waals surface area (Å²) in [6.45, 7) is 8.01. The van der Waals surface area contributed by atoms with Crippen molar-refractivity contribution in [1.82, 2.24) is 4.90 Å². The van der Waals surface area contributed by atoms with E-state index < -0.39 is 5.60 Å². The molecule has 122 valence electrons. The van der Waals surface area contributed by atoms with Gasteiger partial charge in [-0.05, 0) is 59.8 Å². The molecular weight excluding hydrogens is 278 g/mol. The molecule has 0 aromatic carbocycles. The Kier molecular flexibility index (Phi) is 3.61. The van der Waals surface area contributed by atoms with Gasteiger partial charge in [0.25, 0.3) is 0 Å². The molecule has 1 amide bonds. The van der Waals surface area contributed by atoms with Crippen LogP contribution in [-0.4, -0.2) is 35.0 Å². The van der Waals surface area contributed by atoms with Gasteiger partial charge in [0.1, 0.15) is 5.60 Å². The largest absolute Gasteiger partial charge is 0.444 e. The molecule has 0 aromatic rings. The molecule has 1 spiro atoms. The maximum Gasteiger partial charge on any atom is 0.410 e. The number of hydrogen-bond donors (Lipinski definition) is 0. The van der Waals surface area contributed by atoms with Gasteiger partial charge in [-0.25, -0.2) is 4.79 Å². The van der Waals surface area contributed by atoms with E-state index in [1.165, 1.54) is 18.4 Å². The van der Waals surface area contributed by atoms with Crippen molar-refractivity contribution in [2.75, 3.05) is 6.54 Å². The highest BCUT2D eigenvalue weighted by molar-refractivity contribution is 5.99. The molecule has 3 rings (SSSR count). The Morgan fingerprint density at radius 3 is 2.50 bits per heavy atom. The van der Waals surface area contributed by atoms with Gasteiger partial charge in [-0.2, -0.15) is 0 Å². The molecule has 2 aliphatic carbocycles. The lowest BCUT2D eigenvalue weighted by Crippen LogP contribution is -2.64. The summed E-state index contributed by atoms with van der Waals surface area (Å²) in [6.07, 6.45) is 6.38. The Morgan fingerprint density at radius 1 is 1.18 bits per heavy atom. The fourth-order valence-electron chi connectivity index (χ4n) is 4.69. The van der Waals surface area contributed by atoms with Crippen LogP contribution in [0.5, 0.6) is 0 Å². The first-order valence-electron chi connectivity index (χ1n) is 8.50. The monoisotopic (exact) mass is 305 g/mol. The van der Waals surface area contributed by atoms with E-state index in [2.05, 4.69) is 0 Å². The Labute approximate surface area is 132 Å². The van der Waals surface area contributed by atoms with Gasteiger partial charge in [0.2, 0.25) is 0 Å². The first-order chi connectivity index (χ1) is 10.3. The second-order valence-electron chi connectivity index (χ2n) is 7.99. The number of carbonyl (C=O) groups excluding carboxylic acids is 2. The molecule has 0 radical (unpaired) electrons. The second kappa shape index (κ2) is 5.10. The van der Waals surface area contributed by atoms with Crippen molar-refractivity contribution in [2.24, 2.45) is 5.41 Å². The summed E-state index contributed by atoms with van der Waals surface area (Å²) in [6, 6.07) is -0.0381. The molecule has 22 heavy (non-hydrogen) atoms. The van der Waals surface area contributed by atoms with Gasteiger partial charge in [-0.1, -0.05) is 12.0 Å². The Morgan fingerprint density at radius 2 is 1.86 bits per heavy atom. The molecule has 4 nitrogen and oxygen atoms in total. The zero-order chi connectivity index (χ0) is 16.1. The van der Waals surface area contributed by atoms with Crippen molar-refractivity contribution >= 4 is 11.9 Å². The van der Waals surface area contributed by atoms with Gasteiger partial charge < -0.3 is 9.64 Å². The van der Waals surface area contributed by atoms with E-state index in [0.717, 1.165) is 31.3 Å². The molecule has 1 heterocycles. The van der Waals surface area contributed by atoms with Crippen molar-refractivity contribution in [3.05, 3.63) is 11.1 Å². The lowest BCUT2D eigenvalue weighted by atomic mass is 9.50. The number of likely N-dealkylation sites (tertiary alicyclic amines) is 1. The van der Waals surface area contributed by atoms with Gasteiger partial charge in [0.05, 0.1) is 6.04 Å². The Hall–Kier alpha value is -1.32. The van der Waals surface area contributed by atoms with Gasteiger partial charge in [0.15, 0.2) is 5.78 Å². The molecule has 1 saturated carbocycles. The topological polar surface area (TPSA) is 46.6 Å². The minimum atomic E-state index is -0.499. The third-order valence-corrected chi connectivity index (χ3v) is 5.36. The number of nitrogens with zero attached hydrogens (tertiary/aromatic N) is 1. The molecule has 1 saturated heterocycles. The smallest absolute Gasteiger partial charge is 0.410 e. The lowest BCUT2D eigenvalue weighted by Gasteiger charge is -2.60. The van der Waals surface area contributed by atoms with Gasteiger partial charge in [-0.3, -0.25) is 4.79 Å². The number of Topliss-reactive ketones (excluding diaryl/α,β-unsaturated/α-hetero) is 1. The fourth-order valence-corrected chi connectivity index (χ4v) is 4.69. The summed E-state index contributed by atoms with van der Waals surface area (Å²) in [7, 11) is 0. The zero-order valence-corrected chi connectivity index (χ0v) is 14.2. The summed E-state index contributed by atoms with van der Waals surface area (Å²) in [5.74, 6) is 0.132. The Balaban J connectivity index is 1.93. The molecule has 0 unspecified atom stereocenters. The number of rotatable bonds is 1. The maximum atomic E-state index is 12.6. The van der Waals surface area contributed by atoms with Crippen molar-refractivity contribution in [1.29, 1.82) is 0 Å². The van der Waals surface area contributed by atoms with Crippen LogP contribution >= 0.6 is 0 Å². The minimum Gasteiger partial charge on any atom is -0.444 e. The van der Waals surface area contributed by atoms with Gasteiger partial charge >= 0.3 is 6.09 Å². The number of carbonyl (C=O) groups is 2. The molecule has 1 aliphatic heterocycles. The molecule has 2 atom stereocenters. The van der Waals surface area contributed by atoms with Crippen LogP contribution in [0.3, 0.4) is 0 Å². The molecule has 0 aromatic heterocycles. The van der Waals surface area contributed by atoms with Crippen LogP contribution in [0.1, 0.15) is 66.2 Å². The summed E-state index contributed by atoms with van der Waals surface area (Å²) in [4.78, 5) is 26.6. The van der Waals surface area contributed by atoms with Crippen LogP contribution in [0.25, 0.3) is 0 Å². The summed E-state index contributed by atoms with van der Waals surface area (Å²) >= 11 is 0. The van der Waals surface area contributed by atoms with Crippen LogP contribution in [-0.2, 0) is 9.53 Å².